The van der Waals surface area contributed by atoms with Crippen LogP contribution >= 0.6 is 0 Å². The Kier molecular flexibility index (Phi) is 64.8. The zero-order valence-corrected chi connectivity index (χ0v) is 69.6. The highest BCUT2D eigenvalue weighted by atomic mass is 32.2. The van der Waals surface area contributed by atoms with Crippen molar-refractivity contribution in [2.24, 2.45) is 0 Å². The van der Waals surface area contributed by atoms with Crippen LogP contribution in [0, 0.1) is 0 Å². The van der Waals surface area contributed by atoms with Gasteiger partial charge in [0.2, 0.25) is 0 Å². The first-order valence-electron chi connectivity index (χ1n) is 42.3. The highest BCUT2D eigenvalue weighted by Gasteiger charge is 2.48. The number of nitrogens with zero attached hydrogens (tertiary/aromatic N) is 2. The first kappa shape index (κ1) is 97.5. The van der Waals surface area contributed by atoms with Gasteiger partial charge >= 0.3 is 0 Å². The Bertz CT molecular complexity index is 2200. The molecule has 0 saturated carbocycles. The first-order valence-corrected chi connectivity index (χ1v) is 45.9. The number of hydrogen-bond acceptors (Lipinski definition) is 12. The van der Waals surface area contributed by atoms with Crippen LogP contribution in [-0.4, -0.2) is 130 Å². The molecule has 0 aromatic rings. The Balaban J connectivity index is 0.00000102. The maximum atomic E-state index is 11.8. The molecule has 0 bridgehead atoms. The molecule has 0 aromatic heterocycles. The van der Waals surface area contributed by atoms with Crippen LogP contribution in [0.15, 0.2) is 97.2 Å². The van der Waals surface area contributed by atoms with Gasteiger partial charge in [0, 0.05) is 38.8 Å². The van der Waals surface area contributed by atoms with E-state index in [0.717, 1.165) is 115 Å². The van der Waals surface area contributed by atoms with Gasteiger partial charge in [-0.15, -0.1) is 0 Å². The molecule has 14 heteroatoms. The van der Waals surface area contributed by atoms with Crippen LogP contribution in [-0.2, 0) is 47.5 Å². The number of unbranched alkanes of at least 4 members (excludes halogenated alkanes) is 36. The molecule has 0 N–H and O–H groups in total. The van der Waals surface area contributed by atoms with Crippen LogP contribution in [0.1, 0.15) is 362 Å². The van der Waals surface area contributed by atoms with Crippen LogP contribution in [0.3, 0.4) is 0 Å². The molecule has 4 atom stereocenters. The molecule has 102 heavy (non-hydrogen) atoms. The molecule has 0 amide bonds. The van der Waals surface area contributed by atoms with Gasteiger partial charge in [-0.3, -0.25) is 8.37 Å². The zero-order chi connectivity index (χ0) is 74.6. The van der Waals surface area contributed by atoms with Gasteiger partial charge in [0.1, 0.15) is 24.4 Å². The summed E-state index contributed by atoms with van der Waals surface area (Å²) in [7, 11) is 1.19. The van der Waals surface area contributed by atoms with E-state index in [9.17, 15) is 16.8 Å². The Labute approximate surface area is 632 Å². The summed E-state index contributed by atoms with van der Waals surface area (Å²) in [5.74, 6) is -1.31. The number of likely N-dealkylation sites (N-methyl/N-ethyl adjacent to an activating group) is 2. The third kappa shape index (κ3) is 61.5. The Morgan fingerprint density at radius 3 is 0.657 bits per heavy atom. The van der Waals surface area contributed by atoms with E-state index in [1.165, 1.54) is 231 Å². The fourth-order valence-corrected chi connectivity index (χ4v) is 14.2. The van der Waals surface area contributed by atoms with E-state index in [4.69, 9.17) is 27.3 Å². The zero-order valence-electron chi connectivity index (χ0n) is 67.9. The van der Waals surface area contributed by atoms with Crippen molar-refractivity contribution in [2.75, 3.05) is 67.0 Å². The molecule has 2 fully saturated rings. The van der Waals surface area contributed by atoms with Gasteiger partial charge in [-0.2, -0.15) is 16.8 Å². The van der Waals surface area contributed by atoms with Crippen molar-refractivity contribution < 1.29 is 44.1 Å². The normalized spacial score (nSPS) is 18.2. The number of rotatable bonds is 70. The van der Waals surface area contributed by atoms with Crippen LogP contribution in [0.25, 0.3) is 0 Å². The third-order valence-electron chi connectivity index (χ3n) is 19.3. The number of allylic oxidation sites excluding steroid dienone is 16. The van der Waals surface area contributed by atoms with Crippen LogP contribution in [0.4, 0.5) is 0 Å². The summed E-state index contributed by atoms with van der Waals surface area (Å²) in [6.45, 7) is 10.4. The molecule has 0 aliphatic carbocycles. The largest absolute Gasteiger partial charge is 0.343 e. The summed E-state index contributed by atoms with van der Waals surface area (Å²) in [6, 6.07) is 0. The summed E-state index contributed by atoms with van der Waals surface area (Å²) in [6.07, 6.45) is 99.8. The van der Waals surface area contributed by atoms with E-state index < -0.39 is 44.0 Å². The molecule has 0 aromatic carbocycles. The molecule has 2 rings (SSSR count). The summed E-state index contributed by atoms with van der Waals surface area (Å²) in [5, 5.41) is 0. The predicted octanol–water partition coefficient (Wildman–Crippen LogP) is 24.8. The highest BCUT2D eigenvalue weighted by Crippen LogP contribution is 2.40. The van der Waals surface area contributed by atoms with Crippen molar-refractivity contribution in [3.63, 3.8) is 0 Å². The van der Waals surface area contributed by atoms with Gasteiger partial charge in [-0.25, -0.2) is 0 Å². The standard InChI is InChI=1S/C45H84N2O2.C43H78O8S2/c1-7-9-11-13-15-17-19-21-23-25-27-29-31-33-35-37-39-45(48-43(41-46(3)4)44(49-45)42-47(5)6)40-38-36-34-32-30-28-26-24-22-20-18-16-14-12-10-8-2;1-5-7-9-11-13-15-17-19-21-23-25-27-29-31-33-35-37-43(50-41(39-48-52(3,44)45)42(51-43)40-49-53(4,46)47)38-36-34-32-30-28-26-24-22-20-18-16-14-12-10-8-6-2/h15-18,21-24,43-44H,7-14,19-20,25-42H2,1-6H3;13-16,19-22,41-42H,5-12,17-18,23-40H2,1-4H3/b17-15-,18-16-,23-21-,24-22-;15-13-,16-14-,21-19-,22-20-. The average Bonchev–Trinajstić information content (AvgIpc) is 1.67. The van der Waals surface area contributed by atoms with Gasteiger partial charge in [-0.1, -0.05) is 279 Å². The Hall–Kier alpha value is -2.50. The van der Waals surface area contributed by atoms with E-state index >= 15 is 0 Å². The van der Waals surface area contributed by atoms with Gasteiger partial charge in [0.25, 0.3) is 20.2 Å². The lowest BCUT2D eigenvalue weighted by Crippen LogP contribution is -2.39. The minimum absolute atomic E-state index is 0.145. The van der Waals surface area contributed by atoms with Crippen molar-refractivity contribution >= 4 is 20.2 Å². The fourth-order valence-electron chi connectivity index (χ4n) is 13.4. The molecule has 4 unspecified atom stereocenters. The smallest absolute Gasteiger partial charge is 0.264 e. The maximum absolute atomic E-state index is 11.8. The van der Waals surface area contributed by atoms with Gasteiger partial charge in [0.05, 0.1) is 25.7 Å². The van der Waals surface area contributed by atoms with Crippen LogP contribution in [0.2, 0.25) is 0 Å². The van der Waals surface area contributed by atoms with Gasteiger partial charge in [0.15, 0.2) is 11.6 Å². The molecule has 0 radical (unpaired) electrons. The SMILES string of the molecule is CCCCC/C=C\C/C=C\CCCCCCCCC1(CCCCCCCC/C=C\C/C=C\CCCCC)OC(CN(C)C)C(CN(C)C)O1.CCCCC/C=C\C/C=C\CCCCCCCCC1(CCCCCCCC/C=C\C/C=C\CCCCC)OC(COS(C)(=O)=O)C(COS(C)(=O)=O)O1. The minimum Gasteiger partial charge on any atom is -0.343 e. The second-order valence-electron chi connectivity index (χ2n) is 30.3. The van der Waals surface area contributed by atoms with Crippen molar-refractivity contribution in [3.8, 4) is 0 Å². The van der Waals surface area contributed by atoms with Crippen LogP contribution < -0.4 is 0 Å². The van der Waals surface area contributed by atoms with Crippen molar-refractivity contribution in [1.82, 2.24) is 9.80 Å². The summed E-state index contributed by atoms with van der Waals surface area (Å²) in [5.41, 5.74) is 0. The molecule has 12 nitrogen and oxygen atoms in total. The van der Waals surface area contributed by atoms with E-state index in [0.29, 0.717) is 12.8 Å². The second-order valence-corrected chi connectivity index (χ2v) is 33.6. The highest BCUT2D eigenvalue weighted by molar-refractivity contribution is 7.86. The monoisotopic (exact) mass is 1470 g/mol. The summed E-state index contributed by atoms with van der Waals surface area (Å²) < 4.78 is 84.1. The van der Waals surface area contributed by atoms with Crippen molar-refractivity contribution in [2.45, 2.75) is 398 Å². The molecule has 2 saturated heterocycles. The molecule has 0 spiro atoms. The first-order chi connectivity index (χ1) is 49.4. The second kappa shape index (κ2) is 67.8. The predicted molar refractivity (Wildman–Crippen MR) is 440 cm³/mol. The maximum Gasteiger partial charge on any atom is 0.264 e. The Morgan fingerprint density at radius 1 is 0.275 bits per heavy atom. The average molecular weight is 1470 g/mol. The fraction of sp³-hybridized carbons (Fsp3) is 0.818. The molecular formula is C88H162N2O10S2. The number of hydrogen-bond donors (Lipinski definition) is 0. The Morgan fingerprint density at radius 2 is 0.461 bits per heavy atom. The van der Waals surface area contributed by atoms with Gasteiger partial charge < -0.3 is 28.7 Å². The third-order valence-corrected chi connectivity index (χ3v) is 20.4. The lowest BCUT2D eigenvalue weighted by Gasteiger charge is -2.29. The lowest BCUT2D eigenvalue weighted by molar-refractivity contribution is -0.189. The molecule has 596 valence electrons. The molecule has 2 heterocycles. The molecule has 2 aliphatic heterocycles. The van der Waals surface area contributed by atoms with E-state index in [1.807, 2.05) is 0 Å². The molecule has 2 aliphatic rings. The quantitative estimate of drug-likeness (QED) is 0.0326. The lowest BCUT2D eigenvalue weighted by atomic mass is 9.98. The van der Waals surface area contributed by atoms with E-state index in [-0.39, 0.29) is 25.4 Å². The summed E-state index contributed by atoms with van der Waals surface area (Å²) in [4.78, 5) is 4.52. The summed E-state index contributed by atoms with van der Waals surface area (Å²) >= 11 is 0. The van der Waals surface area contributed by atoms with Crippen molar-refractivity contribution in [1.29, 1.82) is 0 Å². The number of ether oxygens (including phenoxy) is 4. The topological polar surface area (TPSA) is 130 Å². The van der Waals surface area contributed by atoms with Gasteiger partial charge in [-0.05, 0) is 182 Å². The van der Waals surface area contributed by atoms with Crippen LogP contribution in [0.5, 0.6) is 0 Å². The van der Waals surface area contributed by atoms with Crippen molar-refractivity contribution in [3.05, 3.63) is 97.2 Å². The van der Waals surface area contributed by atoms with E-state index in [2.05, 4.69) is 163 Å². The minimum atomic E-state index is -3.71. The van der Waals surface area contributed by atoms with E-state index in [1.54, 1.807) is 0 Å². The molecular weight excluding hydrogens is 1310 g/mol.